The van der Waals surface area contributed by atoms with Gasteiger partial charge in [-0.3, -0.25) is 14.5 Å². The molecule has 30 heavy (non-hydrogen) atoms. The van der Waals surface area contributed by atoms with Crippen molar-refractivity contribution in [3.05, 3.63) is 74.2 Å². The Balaban J connectivity index is 2.74. The largest absolute Gasteiger partial charge is 0.417 e. The average Bonchev–Trinajstić information content (AvgIpc) is 2.65. The van der Waals surface area contributed by atoms with E-state index in [1.807, 2.05) is 0 Å². The van der Waals surface area contributed by atoms with Crippen LogP contribution in [-0.2, 0) is 11.0 Å². The van der Waals surface area contributed by atoms with Gasteiger partial charge >= 0.3 is 6.18 Å². The fourth-order valence-electron chi connectivity index (χ4n) is 2.67. The molecule has 1 amide bonds. The van der Waals surface area contributed by atoms with E-state index in [4.69, 9.17) is 23.2 Å². The van der Waals surface area contributed by atoms with Gasteiger partial charge in [0.15, 0.2) is 0 Å². The third kappa shape index (κ3) is 5.17. The van der Waals surface area contributed by atoms with E-state index in [0.717, 1.165) is 34.9 Å². The number of halogens is 5. The minimum absolute atomic E-state index is 0.148. The lowest BCUT2D eigenvalue weighted by molar-refractivity contribution is -0.137. The first kappa shape index (κ1) is 23.8. The molecular formula is C20H13Cl2F3N2O2S. The van der Waals surface area contributed by atoms with Gasteiger partial charge in [-0.1, -0.05) is 41.4 Å². The number of nitrogens with zero attached hydrogens (tertiary/aromatic N) is 2. The van der Waals surface area contributed by atoms with E-state index >= 15 is 0 Å². The Bertz CT molecular complexity index is 1060. The number of carbonyl (C=O) groups is 2. The van der Waals surface area contributed by atoms with E-state index in [9.17, 15) is 28.0 Å². The number of hydrogen-bond donors (Lipinski definition) is 0. The molecule has 0 saturated heterocycles. The molecule has 0 saturated carbocycles. The summed E-state index contributed by atoms with van der Waals surface area (Å²) in [6.07, 6.45) is -3.31. The second-order valence-electron chi connectivity index (χ2n) is 5.85. The number of hydrogen-bond acceptors (Lipinski definition) is 4. The molecule has 0 atom stereocenters. The normalized spacial score (nSPS) is 12.1. The molecule has 2 rings (SSSR count). The smallest absolute Gasteiger partial charge is 0.288 e. The van der Waals surface area contributed by atoms with Crippen molar-refractivity contribution in [1.82, 2.24) is 0 Å². The van der Waals surface area contributed by atoms with Gasteiger partial charge in [0, 0.05) is 22.5 Å². The third-order valence-electron chi connectivity index (χ3n) is 3.85. The average molecular weight is 473 g/mol. The van der Waals surface area contributed by atoms with Gasteiger partial charge in [0.1, 0.15) is 16.7 Å². The zero-order valence-electron chi connectivity index (χ0n) is 15.6. The predicted molar refractivity (Wildman–Crippen MR) is 112 cm³/mol. The summed E-state index contributed by atoms with van der Waals surface area (Å²) in [5.74, 6) is -1.75. The van der Waals surface area contributed by atoms with Crippen LogP contribution in [0.3, 0.4) is 0 Å². The number of ketones is 1. The molecule has 4 nitrogen and oxygen atoms in total. The van der Waals surface area contributed by atoms with Gasteiger partial charge < -0.3 is 0 Å². The van der Waals surface area contributed by atoms with Gasteiger partial charge in [0.2, 0.25) is 11.7 Å². The number of alkyl halides is 3. The molecular weight excluding hydrogens is 460 g/mol. The zero-order valence-corrected chi connectivity index (χ0v) is 17.9. The molecule has 0 aliphatic heterocycles. The number of thioether (sulfide) groups is 1. The van der Waals surface area contributed by atoms with Crippen LogP contribution < -0.4 is 4.90 Å². The van der Waals surface area contributed by atoms with Gasteiger partial charge in [-0.05, 0) is 30.5 Å². The van der Waals surface area contributed by atoms with Crippen LogP contribution in [-0.4, -0.2) is 17.9 Å². The van der Waals surface area contributed by atoms with Crippen LogP contribution >= 0.6 is 35.0 Å². The fraction of sp³-hybridized carbons (Fsp3) is 0.150. The summed E-state index contributed by atoms with van der Waals surface area (Å²) < 4.78 is 40.0. The van der Waals surface area contributed by atoms with E-state index in [1.165, 1.54) is 37.4 Å². The Labute approximate surface area is 184 Å². The summed E-state index contributed by atoms with van der Waals surface area (Å²) in [6, 6.07) is 9.96. The fourth-order valence-corrected chi connectivity index (χ4v) is 3.95. The second-order valence-corrected chi connectivity index (χ2v) is 7.52. The summed E-state index contributed by atoms with van der Waals surface area (Å²) in [5.41, 5.74) is -2.33. The van der Waals surface area contributed by atoms with Crippen LogP contribution in [0, 0.1) is 11.3 Å². The topological polar surface area (TPSA) is 61.2 Å². The molecule has 0 spiro atoms. The molecule has 2 aromatic carbocycles. The third-order valence-corrected chi connectivity index (χ3v) is 5.06. The summed E-state index contributed by atoms with van der Waals surface area (Å²) in [4.78, 5) is 26.3. The Morgan fingerprint density at radius 3 is 2.13 bits per heavy atom. The Hall–Kier alpha value is -2.47. The Kier molecular flexibility index (Phi) is 7.59. The SMILES string of the molecule is CSC(=C(C#N)C(=O)c1ccccc1C(F)(F)F)N(C(C)=O)c1cc(Cl)cc(Cl)c1. The van der Waals surface area contributed by atoms with Crippen LogP contribution in [0.5, 0.6) is 0 Å². The highest BCUT2D eigenvalue weighted by Crippen LogP contribution is 2.36. The zero-order chi connectivity index (χ0) is 22.6. The van der Waals surface area contributed by atoms with E-state index in [1.54, 1.807) is 6.07 Å². The van der Waals surface area contributed by atoms with Crippen molar-refractivity contribution >= 4 is 52.3 Å². The summed E-state index contributed by atoms with van der Waals surface area (Å²) >= 11 is 12.8. The van der Waals surface area contributed by atoms with Crippen LogP contribution in [0.2, 0.25) is 10.0 Å². The van der Waals surface area contributed by atoms with E-state index in [2.05, 4.69) is 0 Å². The van der Waals surface area contributed by atoms with Crippen molar-refractivity contribution in [3.8, 4) is 6.07 Å². The molecule has 0 aliphatic carbocycles. The number of Topliss-reactive ketones (excluding diaryl/α,β-unsaturated/α-hetero) is 1. The van der Waals surface area contributed by atoms with Crippen LogP contribution in [0.4, 0.5) is 18.9 Å². The minimum Gasteiger partial charge on any atom is -0.288 e. The van der Waals surface area contributed by atoms with Crippen molar-refractivity contribution in [2.24, 2.45) is 0 Å². The quantitative estimate of drug-likeness (QED) is 0.289. The predicted octanol–water partition coefficient (Wildman–Crippen LogP) is 6.35. The highest BCUT2D eigenvalue weighted by molar-refractivity contribution is 8.02. The first-order valence-electron chi connectivity index (χ1n) is 8.17. The van der Waals surface area contributed by atoms with Gasteiger partial charge in [-0.25, -0.2) is 0 Å². The number of amides is 1. The minimum atomic E-state index is -4.80. The molecule has 0 radical (unpaired) electrons. The lowest BCUT2D eigenvalue weighted by Crippen LogP contribution is -2.29. The molecule has 10 heteroatoms. The van der Waals surface area contributed by atoms with Crippen molar-refractivity contribution in [2.75, 3.05) is 11.2 Å². The van der Waals surface area contributed by atoms with Crippen molar-refractivity contribution < 1.29 is 22.8 Å². The number of carbonyl (C=O) groups excluding carboxylic acids is 2. The second kappa shape index (κ2) is 9.56. The monoisotopic (exact) mass is 472 g/mol. The Morgan fingerprint density at radius 1 is 1.10 bits per heavy atom. The molecule has 0 aromatic heterocycles. The number of rotatable bonds is 5. The number of anilines is 1. The van der Waals surface area contributed by atoms with Crippen molar-refractivity contribution in [1.29, 1.82) is 5.26 Å². The van der Waals surface area contributed by atoms with Gasteiger partial charge in [-0.2, -0.15) is 18.4 Å². The molecule has 0 N–H and O–H groups in total. The van der Waals surface area contributed by atoms with Crippen LogP contribution in [0.15, 0.2) is 53.1 Å². The summed E-state index contributed by atoms with van der Waals surface area (Å²) in [6.45, 7) is 1.17. The first-order valence-corrected chi connectivity index (χ1v) is 10.2. The van der Waals surface area contributed by atoms with Crippen molar-refractivity contribution in [3.63, 3.8) is 0 Å². The summed E-state index contributed by atoms with van der Waals surface area (Å²) in [7, 11) is 0. The maximum atomic E-state index is 13.3. The standard InChI is InChI=1S/C20H13Cl2F3N2O2S/c1-11(28)27(14-8-12(21)7-13(22)9-14)19(30-2)16(10-26)18(29)15-5-3-4-6-17(15)20(23,24)25/h3-9H,1-2H3. The van der Waals surface area contributed by atoms with E-state index < -0.39 is 34.6 Å². The molecule has 0 aliphatic rings. The molecule has 0 unspecified atom stereocenters. The Morgan fingerprint density at radius 2 is 1.67 bits per heavy atom. The molecule has 0 fully saturated rings. The van der Waals surface area contributed by atoms with Gasteiger partial charge in [-0.15, -0.1) is 11.8 Å². The maximum Gasteiger partial charge on any atom is 0.417 e. The highest BCUT2D eigenvalue weighted by atomic mass is 35.5. The number of allylic oxidation sites excluding steroid dienone is 1. The lowest BCUT2D eigenvalue weighted by atomic mass is 9.98. The molecule has 156 valence electrons. The van der Waals surface area contributed by atoms with Crippen LogP contribution in [0.25, 0.3) is 0 Å². The highest BCUT2D eigenvalue weighted by Gasteiger charge is 2.36. The molecule has 0 heterocycles. The van der Waals surface area contributed by atoms with E-state index in [0.29, 0.717) is 0 Å². The molecule has 2 aromatic rings. The summed E-state index contributed by atoms with van der Waals surface area (Å²) in [5, 5.41) is 9.86. The number of nitriles is 1. The number of benzene rings is 2. The van der Waals surface area contributed by atoms with Crippen LogP contribution in [0.1, 0.15) is 22.8 Å². The molecule has 0 bridgehead atoms. The maximum absolute atomic E-state index is 13.3. The lowest BCUT2D eigenvalue weighted by Gasteiger charge is -2.24. The van der Waals surface area contributed by atoms with Gasteiger partial charge in [0.05, 0.1) is 11.3 Å². The van der Waals surface area contributed by atoms with Crippen molar-refractivity contribution in [2.45, 2.75) is 13.1 Å². The first-order chi connectivity index (χ1) is 14.0. The van der Waals surface area contributed by atoms with Gasteiger partial charge in [0.25, 0.3) is 0 Å². The van der Waals surface area contributed by atoms with E-state index in [-0.39, 0.29) is 20.8 Å².